The first-order chi connectivity index (χ1) is 15.4. The first kappa shape index (κ1) is 22.0. The summed E-state index contributed by atoms with van der Waals surface area (Å²) in [7, 11) is 4.65. The SMILES string of the molecule is COc1cc(OC)c(OC)cc1/C=C1\Oc2c(ccc(O)c2C[NH+]2CCC[C@H](C)C2)C1=O. The van der Waals surface area contributed by atoms with E-state index in [0.717, 1.165) is 19.5 Å². The Morgan fingerprint density at radius 1 is 1.12 bits per heavy atom. The van der Waals surface area contributed by atoms with Crippen molar-refractivity contribution in [3.05, 3.63) is 46.7 Å². The number of methoxy groups -OCH3 is 3. The molecule has 1 saturated heterocycles. The lowest BCUT2D eigenvalue weighted by molar-refractivity contribution is -0.922. The number of hydrogen-bond acceptors (Lipinski definition) is 6. The van der Waals surface area contributed by atoms with Crippen molar-refractivity contribution in [3.63, 3.8) is 0 Å². The molecule has 0 spiro atoms. The molecule has 32 heavy (non-hydrogen) atoms. The van der Waals surface area contributed by atoms with Gasteiger partial charge >= 0.3 is 0 Å². The zero-order valence-corrected chi connectivity index (χ0v) is 19.0. The Bertz CT molecular complexity index is 1060. The topological polar surface area (TPSA) is 78.7 Å². The van der Waals surface area contributed by atoms with E-state index in [9.17, 15) is 9.90 Å². The van der Waals surface area contributed by atoms with Crippen LogP contribution in [0.5, 0.6) is 28.7 Å². The van der Waals surface area contributed by atoms with Crippen molar-refractivity contribution in [1.29, 1.82) is 0 Å². The number of ketones is 1. The molecule has 0 amide bonds. The molecule has 0 radical (unpaired) electrons. The third-order valence-corrected chi connectivity index (χ3v) is 6.23. The van der Waals surface area contributed by atoms with Crippen LogP contribution < -0.4 is 23.8 Å². The van der Waals surface area contributed by atoms with Crippen molar-refractivity contribution in [1.82, 2.24) is 0 Å². The molecule has 7 nitrogen and oxygen atoms in total. The average molecular weight is 441 g/mol. The summed E-state index contributed by atoms with van der Waals surface area (Å²) in [5.74, 6) is 2.78. The first-order valence-corrected chi connectivity index (χ1v) is 10.9. The van der Waals surface area contributed by atoms with Crippen LogP contribution in [0.4, 0.5) is 0 Å². The number of piperidine rings is 1. The number of nitrogens with one attached hydrogen (secondary N) is 1. The van der Waals surface area contributed by atoms with Crippen molar-refractivity contribution in [3.8, 4) is 28.7 Å². The molecule has 2 atom stereocenters. The Labute approximate surface area is 188 Å². The largest absolute Gasteiger partial charge is 0.507 e. The molecule has 2 aliphatic rings. The number of aromatic hydroxyl groups is 1. The number of ether oxygens (including phenoxy) is 4. The molecule has 7 heteroatoms. The molecule has 1 fully saturated rings. The highest BCUT2D eigenvalue weighted by Gasteiger charge is 2.33. The maximum absolute atomic E-state index is 13.1. The molecular formula is C25H30NO6+. The predicted octanol–water partition coefficient (Wildman–Crippen LogP) is 2.85. The molecule has 0 bridgehead atoms. The maximum atomic E-state index is 13.1. The van der Waals surface area contributed by atoms with E-state index in [1.165, 1.54) is 11.3 Å². The third kappa shape index (κ3) is 4.12. The number of phenolic OH excluding ortho intramolecular Hbond substituents is 1. The molecule has 0 saturated carbocycles. The van der Waals surface area contributed by atoms with Crippen LogP contribution in [0, 0.1) is 5.92 Å². The molecule has 2 aliphatic heterocycles. The molecule has 1 unspecified atom stereocenters. The molecular weight excluding hydrogens is 410 g/mol. The third-order valence-electron chi connectivity index (χ3n) is 6.23. The van der Waals surface area contributed by atoms with Crippen molar-refractivity contribution < 1.29 is 33.7 Å². The van der Waals surface area contributed by atoms with Crippen molar-refractivity contribution in [2.45, 2.75) is 26.3 Å². The Hall–Kier alpha value is -3.19. The van der Waals surface area contributed by atoms with E-state index in [4.69, 9.17) is 18.9 Å². The van der Waals surface area contributed by atoms with Gasteiger partial charge in [-0.3, -0.25) is 4.79 Å². The quantitative estimate of drug-likeness (QED) is 0.673. The van der Waals surface area contributed by atoms with Gasteiger partial charge in [-0.15, -0.1) is 0 Å². The highest BCUT2D eigenvalue weighted by atomic mass is 16.5. The number of Topliss-reactive ketones (excluding diaryl/α,β-unsaturated/α-hetero) is 1. The van der Waals surface area contributed by atoms with Gasteiger partial charge < -0.3 is 29.0 Å². The lowest BCUT2D eigenvalue weighted by Crippen LogP contribution is -3.12. The Kier molecular flexibility index (Phi) is 6.28. The van der Waals surface area contributed by atoms with E-state index in [1.807, 2.05) is 0 Å². The zero-order chi connectivity index (χ0) is 22.8. The van der Waals surface area contributed by atoms with E-state index in [0.29, 0.717) is 52.2 Å². The minimum Gasteiger partial charge on any atom is -0.507 e. The van der Waals surface area contributed by atoms with Gasteiger partial charge in [-0.2, -0.15) is 0 Å². The molecule has 0 aromatic heterocycles. The predicted molar refractivity (Wildman–Crippen MR) is 120 cm³/mol. The van der Waals surface area contributed by atoms with Gasteiger partial charge in [-0.1, -0.05) is 6.92 Å². The van der Waals surface area contributed by atoms with Gasteiger partial charge in [-0.05, 0) is 37.1 Å². The summed E-state index contributed by atoms with van der Waals surface area (Å²) in [6.45, 7) is 4.97. The lowest BCUT2D eigenvalue weighted by Gasteiger charge is -2.28. The number of fused-ring (bicyclic) bond motifs is 1. The number of carbonyl (C=O) groups excluding carboxylic acids is 1. The highest BCUT2D eigenvalue weighted by molar-refractivity contribution is 6.15. The molecule has 0 aliphatic carbocycles. The van der Waals surface area contributed by atoms with Gasteiger partial charge in [0.05, 0.1) is 45.5 Å². The number of rotatable bonds is 6. The van der Waals surface area contributed by atoms with Crippen LogP contribution in [0.25, 0.3) is 6.08 Å². The standard InChI is InChI=1S/C25H29NO6/c1-15-6-5-9-26(13-15)14-18-19(27)8-7-17-24(28)23(32-25(17)18)11-16-10-21(30-3)22(31-4)12-20(16)29-2/h7-8,10-12,15,27H,5-6,9,13-14H2,1-4H3/p+1/b23-11-/t15-/m0/s1. The van der Waals surface area contributed by atoms with Crippen molar-refractivity contribution in [2.24, 2.45) is 5.92 Å². The van der Waals surface area contributed by atoms with Crippen LogP contribution in [-0.2, 0) is 6.54 Å². The number of quaternary nitrogens is 1. The Balaban J connectivity index is 1.68. The average Bonchev–Trinajstić information content (AvgIpc) is 3.10. The molecule has 2 aromatic carbocycles. The summed E-state index contributed by atoms with van der Waals surface area (Å²) < 4.78 is 22.2. The second-order valence-corrected chi connectivity index (χ2v) is 8.46. The van der Waals surface area contributed by atoms with Gasteiger partial charge in [0.2, 0.25) is 5.78 Å². The normalized spacial score (nSPS) is 21.2. The Morgan fingerprint density at radius 2 is 1.84 bits per heavy atom. The molecule has 170 valence electrons. The minimum atomic E-state index is -0.222. The monoisotopic (exact) mass is 440 g/mol. The van der Waals surface area contributed by atoms with Crippen LogP contribution in [0.1, 0.15) is 41.3 Å². The summed E-state index contributed by atoms with van der Waals surface area (Å²) in [4.78, 5) is 14.5. The van der Waals surface area contributed by atoms with Crippen LogP contribution >= 0.6 is 0 Å². The maximum Gasteiger partial charge on any atom is 0.231 e. The first-order valence-electron chi connectivity index (χ1n) is 10.9. The van der Waals surface area contributed by atoms with Crippen LogP contribution in [0.15, 0.2) is 30.0 Å². The number of benzene rings is 2. The molecule has 4 rings (SSSR count). The van der Waals surface area contributed by atoms with Crippen LogP contribution in [0.2, 0.25) is 0 Å². The van der Waals surface area contributed by atoms with Crippen molar-refractivity contribution >= 4 is 11.9 Å². The van der Waals surface area contributed by atoms with Gasteiger partial charge in [0.25, 0.3) is 0 Å². The van der Waals surface area contributed by atoms with E-state index in [2.05, 4.69) is 6.92 Å². The van der Waals surface area contributed by atoms with E-state index >= 15 is 0 Å². The van der Waals surface area contributed by atoms with Gasteiger partial charge in [0.1, 0.15) is 18.0 Å². The number of phenols is 1. The second kappa shape index (κ2) is 9.12. The fraction of sp³-hybridized carbons (Fsp3) is 0.400. The van der Waals surface area contributed by atoms with Gasteiger partial charge in [0, 0.05) is 17.5 Å². The number of hydrogen-bond donors (Lipinski definition) is 2. The van der Waals surface area contributed by atoms with E-state index < -0.39 is 0 Å². The summed E-state index contributed by atoms with van der Waals surface area (Å²) in [5, 5.41) is 10.6. The van der Waals surface area contributed by atoms with Crippen LogP contribution in [0.3, 0.4) is 0 Å². The molecule has 2 heterocycles. The van der Waals surface area contributed by atoms with Gasteiger partial charge in [0.15, 0.2) is 23.0 Å². The fourth-order valence-electron chi connectivity index (χ4n) is 4.58. The van der Waals surface area contributed by atoms with E-state index in [-0.39, 0.29) is 17.3 Å². The fourth-order valence-corrected chi connectivity index (χ4v) is 4.58. The van der Waals surface area contributed by atoms with E-state index in [1.54, 1.807) is 51.7 Å². The number of allylic oxidation sites excluding steroid dienone is 1. The zero-order valence-electron chi connectivity index (χ0n) is 19.0. The number of carbonyl (C=O) groups is 1. The summed E-state index contributed by atoms with van der Waals surface area (Å²) >= 11 is 0. The Morgan fingerprint density at radius 3 is 2.53 bits per heavy atom. The van der Waals surface area contributed by atoms with Crippen LogP contribution in [-0.4, -0.2) is 45.3 Å². The summed E-state index contributed by atoms with van der Waals surface area (Å²) in [6, 6.07) is 6.65. The smallest absolute Gasteiger partial charge is 0.231 e. The van der Waals surface area contributed by atoms with Crippen molar-refractivity contribution in [2.75, 3.05) is 34.4 Å². The van der Waals surface area contributed by atoms with Gasteiger partial charge in [-0.25, -0.2) is 0 Å². The summed E-state index contributed by atoms with van der Waals surface area (Å²) in [5.41, 5.74) is 1.78. The minimum absolute atomic E-state index is 0.159. The number of likely N-dealkylation sites (tertiary alicyclic amines) is 1. The molecule has 2 aromatic rings. The second-order valence-electron chi connectivity index (χ2n) is 8.46. The highest BCUT2D eigenvalue weighted by Crippen LogP contribution is 2.41. The lowest BCUT2D eigenvalue weighted by atomic mass is 9.99. The molecule has 2 N–H and O–H groups in total. The summed E-state index contributed by atoms with van der Waals surface area (Å²) in [6.07, 6.45) is 4.04.